The van der Waals surface area contributed by atoms with Crippen molar-refractivity contribution < 1.29 is 71.2 Å². The minimum absolute atomic E-state index is 0.0232. The van der Waals surface area contributed by atoms with Gasteiger partial charge in [0.1, 0.15) is 30.4 Å². The number of ether oxygens (including phenoxy) is 13. The lowest BCUT2D eigenvalue weighted by Gasteiger charge is -2.60. The van der Waals surface area contributed by atoms with Crippen molar-refractivity contribution >= 4 is 11.9 Å². The van der Waals surface area contributed by atoms with Crippen LogP contribution in [0.3, 0.4) is 0 Å². The lowest BCUT2D eigenvalue weighted by molar-refractivity contribution is -0.220. The molecular weight excluding hydrogens is 1120 g/mol. The molecule has 4 atom stereocenters. The zero-order chi connectivity index (χ0) is 61.9. The largest absolute Gasteiger partial charge is 0.465 e. The Morgan fingerprint density at radius 2 is 1.37 bits per heavy atom. The maximum atomic E-state index is 13.7. The molecule has 4 aromatic heterocycles. The Bertz CT molecular complexity index is 2790. The van der Waals surface area contributed by atoms with Crippen molar-refractivity contribution in [3.05, 3.63) is 108 Å². The van der Waals surface area contributed by atoms with Crippen LogP contribution in [0.25, 0.3) is 0 Å². The van der Waals surface area contributed by atoms with Crippen molar-refractivity contribution in [1.82, 2.24) is 29.9 Å². The average Bonchev–Trinajstić information content (AvgIpc) is 1.31. The number of hydrogen-bond donors (Lipinski definition) is 0. The van der Waals surface area contributed by atoms with Gasteiger partial charge in [-0.1, -0.05) is 31.5 Å². The molecule has 12 rings (SSSR count). The maximum Gasteiger partial charge on any atom is 0.332 e. The Morgan fingerprint density at radius 3 is 2.07 bits per heavy atom. The minimum Gasteiger partial charge on any atom is -0.465 e. The number of esters is 2. The molecule has 1 aromatic carbocycles. The van der Waals surface area contributed by atoms with Gasteiger partial charge in [-0.2, -0.15) is 4.98 Å². The van der Waals surface area contributed by atoms with Gasteiger partial charge >= 0.3 is 17.9 Å². The fraction of sp³-hybridized carbons (Fsp3) is 0.606. The fourth-order valence-electron chi connectivity index (χ4n) is 11.9. The predicted molar refractivity (Wildman–Crippen MR) is 322 cm³/mol. The molecule has 5 aliphatic carbocycles. The fourth-order valence-corrected chi connectivity index (χ4v) is 11.9. The third kappa shape index (κ3) is 22.1. The third-order valence-corrected chi connectivity index (χ3v) is 15.8. The van der Waals surface area contributed by atoms with Crippen LogP contribution < -0.4 is 28.4 Å². The highest BCUT2D eigenvalue weighted by Gasteiger charge is 2.62. The van der Waals surface area contributed by atoms with E-state index in [-0.39, 0.29) is 63.5 Å². The van der Waals surface area contributed by atoms with Crippen molar-refractivity contribution in [2.45, 2.75) is 182 Å². The smallest absolute Gasteiger partial charge is 0.332 e. The van der Waals surface area contributed by atoms with Crippen LogP contribution in [-0.4, -0.2) is 126 Å². The molecular formula is C66H92N6O15. The molecule has 0 radical (unpaired) electrons. The Morgan fingerprint density at radius 1 is 0.667 bits per heavy atom. The summed E-state index contributed by atoms with van der Waals surface area (Å²) in [6.07, 6.45) is 20.2. The second-order valence-corrected chi connectivity index (χ2v) is 23.0. The molecule has 6 fully saturated rings. The van der Waals surface area contributed by atoms with Gasteiger partial charge < -0.3 is 61.6 Å². The van der Waals surface area contributed by atoms with Gasteiger partial charge in [0.15, 0.2) is 38.2 Å². The van der Waals surface area contributed by atoms with Gasteiger partial charge in [0.2, 0.25) is 18.6 Å². The van der Waals surface area contributed by atoms with Gasteiger partial charge in [-0.25, -0.2) is 24.7 Å². The Labute approximate surface area is 513 Å². The van der Waals surface area contributed by atoms with Crippen molar-refractivity contribution in [2.24, 2.45) is 17.3 Å². The van der Waals surface area contributed by atoms with E-state index in [0.29, 0.717) is 68.5 Å². The number of aromatic nitrogens is 6. The zero-order valence-corrected chi connectivity index (χ0v) is 52.6. The quantitative estimate of drug-likeness (QED) is 0.0336. The van der Waals surface area contributed by atoms with Gasteiger partial charge in [0.25, 0.3) is 0 Å². The Kier molecular flexibility index (Phi) is 27.0. The lowest BCUT2D eigenvalue weighted by Crippen LogP contribution is -2.60. The molecule has 4 bridgehead atoms. The summed E-state index contributed by atoms with van der Waals surface area (Å²) in [4.78, 5) is 50.5. The van der Waals surface area contributed by atoms with Crippen molar-refractivity contribution in [1.29, 1.82) is 0 Å². The van der Waals surface area contributed by atoms with Crippen LogP contribution >= 0.6 is 0 Å². The maximum absolute atomic E-state index is 13.7. The molecule has 6 heterocycles. The number of carbonyl (C=O) groups excluding carboxylic acids is 2. The second-order valence-electron chi connectivity index (χ2n) is 23.0. The highest BCUT2D eigenvalue weighted by Crippen LogP contribution is 2.63. The number of rotatable bonds is 23. The first-order valence-electron chi connectivity index (χ1n) is 30.9. The molecule has 5 aromatic rings. The molecule has 476 valence electrons. The number of fused-ring (bicyclic) bond motifs is 1. The number of benzene rings is 1. The monoisotopic (exact) mass is 1210 g/mol. The molecule has 0 amide bonds. The second kappa shape index (κ2) is 34.7. The first-order valence-corrected chi connectivity index (χ1v) is 30.9. The summed E-state index contributed by atoms with van der Waals surface area (Å²) in [6, 6.07) is 17.5. The van der Waals surface area contributed by atoms with Crippen LogP contribution in [0.4, 0.5) is 0 Å². The van der Waals surface area contributed by atoms with E-state index in [1.165, 1.54) is 5.56 Å². The number of pyridine rings is 2. The average molecular weight is 1210 g/mol. The van der Waals surface area contributed by atoms with Crippen molar-refractivity contribution in [2.75, 3.05) is 60.2 Å². The van der Waals surface area contributed by atoms with E-state index in [0.717, 1.165) is 124 Å². The van der Waals surface area contributed by atoms with E-state index in [9.17, 15) is 9.59 Å². The normalized spacial score (nSPS) is 22.3. The molecule has 7 aliphatic rings. The molecule has 4 unspecified atom stereocenters. The number of aryl methyl sites for hydroxylation is 5. The highest BCUT2D eigenvalue weighted by molar-refractivity contribution is 5.78. The van der Waals surface area contributed by atoms with E-state index in [4.69, 9.17) is 61.6 Å². The lowest BCUT2D eigenvalue weighted by atomic mass is 9.48. The number of hydrogen-bond acceptors (Lipinski definition) is 21. The Balaban J connectivity index is 0.000000186. The van der Waals surface area contributed by atoms with Gasteiger partial charge in [-0.05, 0) is 180 Å². The van der Waals surface area contributed by atoms with E-state index in [1.807, 2.05) is 90.1 Å². The SMILES string of the molecule is CCC1(OC(=O)COC23CC4CC(C2)CC(C(=O)OCC2CCCC(Oc5ccc(C)cc5)O2)(C4)C3)CCCC1.CCCOCOc1ccnc(C)n1.CCOCOc1cc(C)ccn1.CCOCOc1nccc(C)n1.Cc1cc2c(cn1)OCO2. The summed E-state index contributed by atoms with van der Waals surface area (Å²) in [5.41, 5.74) is 2.91. The predicted octanol–water partition coefficient (Wildman–Crippen LogP) is 12.0. The first kappa shape index (κ1) is 67.7. The molecule has 0 N–H and O–H groups in total. The summed E-state index contributed by atoms with van der Waals surface area (Å²) in [5.74, 6) is 4.73. The van der Waals surface area contributed by atoms with Crippen LogP contribution in [0.5, 0.6) is 35.0 Å². The van der Waals surface area contributed by atoms with Crippen LogP contribution in [0.15, 0.2) is 79.4 Å². The molecule has 0 spiro atoms. The van der Waals surface area contributed by atoms with Gasteiger partial charge in [0.05, 0.1) is 29.9 Å². The van der Waals surface area contributed by atoms with Gasteiger partial charge in [-0.3, -0.25) is 9.78 Å². The summed E-state index contributed by atoms with van der Waals surface area (Å²) < 4.78 is 71.4. The minimum atomic E-state index is -0.517. The standard InChI is InChI=1S/C33H46O7.C9H14N2O2.C9H13NO2.C8H12N2O2.C7H7NO2/c1-3-32(13-4-5-14-32)40-28(34)21-37-33-18-24-15-25(19-33)17-31(16-24,22-33)30(35)36-20-27-7-6-8-29(39-27)38-26-11-9-23(2)10-12-26;1-3-6-12-7-13-9-4-5-10-8(2)11-9;1-3-11-7-12-9-6-8(2)4-5-10-9;1-3-11-6-12-8-9-5-4-7(2)10-8;1-5-2-6-7(3-8-5)10-4-9-6/h9-12,24-25,27,29H,3-8,13-22H2,1-2H3;4-5H,3,6-7H2,1-2H3;4-6H,3,7H2,1-2H3;4-5H,3,6H2,1-2H3;2-3H,4H2,1H3. The van der Waals surface area contributed by atoms with Crippen LogP contribution in [0.2, 0.25) is 0 Å². The first-order chi connectivity index (χ1) is 42.1. The highest BCUT2D eigenvalue weighted by atomic mass is 16.7. The van der Waals surface area contributed by atoms with Gasteiger partial charge in [0, 0.05) is 67.8 Å². The molecule has 87 heavy (non-hydrogen) atoms. The topological polar surface area (TPSA) is 231 Å². The number of nitrogens with zero attached hydrogens (tertiary/aromatic N) is 6. The molecule has 5 saturated carbocycles. The molecule has 21 nitrogen and oxygen atoms in total. The molecule has 2 aliphatic heterocycles. The summed E-state index contributed by atoms with van der Waals surface area (Å²) in [7, 11) is 0. The van der Waals surface area contributed by atoms with E-state index in [1.54, 1.807) is 30.9 Å². The summed E-state index contributed by atoms with van der Waals surface area (Å²) in [6.45, 7) is 20.9. The molecule has 1 saturated heterocycles. The summed E-state index contributed by atoms with van der Waals surface area (Å²) in [5, 5.41) is 0. The molecule has 21 heteroatoms. The van der Waals surface area contributed by atoms with E-state index >= 15 is 0 Å². The number of carbonyl (C=O) groups is 2. The van der Waals surface area contributed by atoms with Crippen LogP contribution in [-0.2, 0) is 42.7 Å². The summed E-state index contributed by atoms with van der Waals surface area (Å²) >= 11 is 0. The van der Waals surface area contributed by atoms with Crippen LogP contribution in [0, 0.1) is 51.9 Å². The van der Waals surface area contributed by atoms with E-state index < -0.39 is 11.0 Å². The van der Waals surface area contributed by atoms with Gasteiger partial charge in [-0.15, -0.1) is 0 Å². The van der Waals surface area contributed by atoms with Crippen molar-refractivity contribution in [3.8, 4) is 35.0 Å². The van der Waals surface area contributed by atoms with Crippen LogP contribution in [0.1, 0.15) is 152 Å². The Hall–Kier alpha value is -6.78. The van der Waals surface area contributed by atoms with E-state index in [2.05, 4.69) is 50.7 Å². The zero-order valence-electron chi connectivity index (χ0n) is 52.6. The third-order valence-electron chi connectivity index (χ3n) is 15.8. The van der Waals surface area contributed by atoms with Crippen molar-refractivity contribution in [3.63, 3.8) is 0 Å².